The van der Waals surface area contributed by atoms with Gasteiger partial charge in [-0.25, -0.2) is 8.42 Å². The summed E-state index contributed by atoms with van der Waals surface area (Å²) in [5.74, 6) is 0.108. The van der Waals surface area contributed by atoms with Crippen LogP contribution in [0.4, 0.5) is 5.69 Å². The van der Waals surface area contributed by atoms with Gasteiger partial charge in [-0.1, -0.05) is 6.92 Å². The Kier molecular flexibility index (Phi) is 4.81. The minimum Gasteiger partial charge on any atom is -0.495 e. The molecule has 0 fully saturated rings. The van der Waals surface area contributed by atoms with Crippen molar-refractivity contribution in [1.82, 2.24) is 4.31 Å². The number of non-ortho nitro benzene ring substituents is 1. The summed E-state index contributed by atoms with van der Waals surface area (Å²) in [6.45, 7) is 2.28. The Balaban J connectivity index is 2.10. The monoisotopic (exact) mass is 382 g/mol. The van der Waals surface area contributed by atoms with Crippen LogP contribution in [0.5, 0.6) is 5.75 Å². The smallest absolute Gasteiger partial charge is 0.271 e. The van der Waals surface area contributed by atoms with Crippen molar-refractivity contribution in [2.75, 3.05) is 13.7 Å². The quantitative estimate of drug-likeness (QED) is 0.584. The van der Waals surface area contributed by atoms with Crippen molar-refractivity contribution in [2.24, 2.45) is 0 Å². The Bertz CT molecular complexity index is 907. The van der Waals surface area contributed by atoms with Crippen molar-refractivity contribution >= 4 is 27.0 Å². The predicted octanol–water partition coefficient (Wildman–Crippen LogP) is 3.36. The zero-order valence-corrected chi connectivity index (χ0v) is 15.5. The lowest BCUT2D eigenvalue weighted by Crippen LogP contribution is -2.39. The summed E-state index contributed by atoms with van der Waals surface area (Å²) in [4.78, 5) is 11.5. The molecule has 0 amide bonds. The van der Waals surface area contributed by atoms with Crippen LogP contribution < -0.4 is 4.74 Å². The highest BCUT2D eigenvalue weighted by molar-refractivity contribution is 7.89. The Morgan fingerprint density at radius 1 is 1.40 bits per heavy atom. The molecule has 1 aliphatic heterocycles. The molecular weight excluding hydrogens is 364 g/mol. The molecule has 9 heteroatoms. The van der Waals surface area contributed by atoms with Gasteiger partial charge in [-0.2, -0.15) is 4.31 Å². The van der Waals surface area contributed by atoms with Gasteiger partial charge in [0.05, 0.1) is 18.1 Å². The van der Waals surface area contributed by atoms with E-state index in [1.165, 1.54) is 28.4 Å². The molecule has 0 N–H and O–H groups in total. The Hall–Kier alpha value is -1.97. The van der Waals surface area contributed by atoms with Crippen molar-refractivity contribution in [3.8, 4) is 5.75 Å². The van der Waals surface area contributed by atoms with Crippen LogP contribution in [-0.4, -0.2) is 31.3 Å². The second-order valence-corrected chi connectivity index (χ2v) is 8.54. The van der Waals surface area contributed by atoms with E-state index in [-0.39, 0.29) is 22.4 Å². The SMILES string of the molecule is CCC1c2ccsc2CCN1S(=O)(=O)c1cc([N+](=O)[O-])ccc1OC. The summed E-state index contributed by atoms with van der Waals surface area (Å²) in [6, 6.07) is 5.32. The highest BCUT2D eigenvalue weighted by Crippen LogP contribution is 2.40. The van der Waals surface area contributed by atoms with E-state index in [0.717, 1.165) is 11.6 Å². The van der Waals surface area contributed by atoms with Crippen LogP contribution in [-0.2, 0) is 16.4 Å². The lowest BCUT2D eigenvalue weighted by Gasteiger charge is -2.34. The predicted molar refractivity (Wildman–Crippen MR) is 94.6 cm³/mol. The Morgan fingerprint density at radius 2 is 2.16 bits per heavy atom. The van der Waals surface area contributed by atoms with Crippen molar-refractivity contribution in [3.63, 3.8) is 0 Å². The Labute approximate surface area is 150 Å². The van der Waals surface area contributed by atoms with Gasteiger partial charge in [-0.3, -0.25) is 10.1 Å². The maximum absolute atomic E-state index is 13.3. The Morgan fingerprint density at radius 3 is 2.80 bits per heavy atom. The second-order valence-electron chi connectivity index (χ2n) is 5.68. The lowest BCUT2D eigenvalue weighted by atomic mass is 10.0. The number of hydrogen-bond donors (Lipinski definition) is 0. The number of thiophene rings is 1. The van der Waals surface area contributed by atoms with Crippen molar-refractivity contribution in [3.05, 3.63) is 50.2 Å². The first kappa shape index (κ1) is 17.8. The number of benzene rings is 1. The first-order valence-corrected chi connectivity index (χ1v) is 10.1. The highest BCUT2D eigenvalue weighted by atomic mass is 32.2. The fourth-order valence-electron chi connectivity index (χ4n) is 3.19. The fraction of sp³-hybridized carbons (Fsp3) is 0.375. The van der Waals surface area contributed by atoms with Crippen LogP contribution in [0.1, 0.15) is 29.8 Å². The first-order chi connectivity index (χ1) is 11.9. The minimum atomic E-state index is -3.93. The summed E-state index contributed by atoms with van der Waals surface area (Å²) < 4.78 is 33.1. The molecule has 0 saturated carbocycles. The topological polar surface area (TPSA) is 89.8 Å². The number of nitro benzene ring substituents is 1. The average Bonchev–Trinajstić information content (AvgIpc) is 3.08. The van der Waals surface area contributed by atoms with Gasteiger partial charge < -0.3 is 4.74 Å². The van der Waals surface area contributed by atoms with E-state index in [4.69, 9.17) is 4.74 Å². The van der Waals surface area contributed by atoms with E-state index in [1.807, 2.05) is 18.4 Å². The van der Waals surface area contributed by atoms with Crippen molar-refractivity contribution < 1.29 is 18.1 Å². The van der Waals surface area contributed by atoms with Crippen LogP contribution >= 0.6 is 11.3 Å². The molecule has 7 nitrogen and oxygen atoms in total. The van der Waals surface area contributed by atoms with Crippen LogP contribution in [0, 0.1) is 10.1 Å². The van der Waals surface area contributed by atoms with Gasteiger partial charge in [0.2, 0.25) is 10.0 Å². The molecule has 0 spiro atoms. The number of hydrogen-bond acceptors (Lipinski definition) is 6. The van der Waals surface area contributed by atoms with Gasteiger partial charge in [0.15, 0.2) is 0 Å². The van der Waals surface area contributed by atoms with Crippen molar-refractivity contribution in [1.29, 1.82) is 0 Å². The van der Waals surface area contributed by atoms with E-state index in [1.54, 1.807) is 11.3 Å². The summed E-state index contributed by atoms with van der Waals surface area (Å²) in [5.41, 5.74) is 0.743. The molecule has 1 aliphatic rings. The molecule has 134 valence electrons. The summed E-state index contributed by atoms with van der Waals surface area (Å²) in [7, 11) is -2.58. The van der Waals surface area contributed by atoms with E-state index in [0.29, 0.717) is 19.4 Å². The molecule has 0 radical (unpaired) electrons. The third kappa shape index (κ3) is 3.03. The lowest BCUT2D eigenvalue weighted by molar-refractivity contribution is -0.385. The number of methoxy groups -OCH3 is 1. The molecule has 0 bridgehead atoms. The largest absolute Gasteiger partial charge is 0.495 e. The molecule has 0 saturated heterocycles. The van der Waals surface area contributed by atoms with Crippen LogP contribution in [0.25, 0.3) is 0 Å². The van der Waals surface area contributed by atoms with E-state index < -0.39 is 14.9 Å². The maximum Gasteiger partial charge on any atom is 0.271 e. The standard InChI is InChI=1S/C16H18N2O5S2/c1-3-13-12-7-9-24-15(12)6-8-17(13)25(21,22)16-10-11(18(19)20)4-5-14(16)23-2/h4-5,7,9-10,13H,3,6,8H2,1-2H3. The fourth-order valence-corrected chi connectivity index (χ4v) is 5.98. The van der Waals surface area contributed by atoms with Gasteiger partial charge in [0.1, 0.15) is 10.6 Å². The van der Waals surface area contributed by atoms with Crippen LogP contribution in [0.2, 0.25) is 0 Å². The molecule has 1 atom stereocenters. The second kappa shape index (κ2) is 6.74. The molecule has 2 heterocycles. The number of ether oxygens (including phenoxy) is 1. The summed E-state index contributed by atoms with van der Waals surface area (Å²) >= 11 is 1.63. The van der Waals surface area contributed by atoms with E-state index >= 15 is 0 Å². The molecule has 1 unspecified atom stereocenters. The highest BCUT2D eigenvalue weighted by Gasteiger charge is 2.38. The average molecular weight is 382 g/mol. The molecule has 25 heavy (non-hydrogen) atoms. The van der Waals surface area contributed by atoms with E-state index in [2.05, 4.69) is 0 Å². The molecule has 2 aromatic rings. The summed E-state index contributed by atoms with van der Waals surface area (Å²) in [5, 5.41) is 13.0. The third-order valence-corrected chi connectivity index (χ3v) is 7.30. The number of rotatable bonds is 5. The third-order valence-electron chi connectivity index (χ3n) is 4.38. The first-order valence-electron chi connectivity index (χ1n) is 7.80. The van der Waals surface area contributed by atoms with E-state index in [9.17, 15) is 18.5 Å². The van der Waals surface area contributed by atoms with Crippen LogP contribution in [0.15, 0.2) is 34.5 Å². The van der Waals surface area contributed by atoms with Gasteiger partial charge in [0, 0.05) is 23.6 Å². The zero-order valence-electron chi connectivity index (χ0n) is 13.8. The summed E-state index contributed by atoms with van der Waals surface area (Å²) in [6.07, 6.45) is 1.26. The minimum absolute atomic E-state index is 0.108. The van der Waals surface area contributed by atoms with Gasteiger partial charge in [-0.05, 0) is 35.9 Å². The maximum atomic E-state index is 13.3. The van der Waals surface area contributed by atoms with Gasteiger partial charge in [-0.15, -0.1) is 11.3 Å². The van der Waals surface area contributed by atoms with Gasteiger partial charge >= 0.3 is 0 Å². The molecule has 1 aromatic carbocycles. The molecule has 0 aliphatic carbocycles. The number of sulfonamides is 1. The number of nitrogens with zero attached hydrogens (tertiary/aromatic N) is 2. The molecular formula is C16H18N2O5S2. The molecule has 3 rings (SSSR count). The molecule has 1 aromatic heterocycles. The zero-order chi connectivity index (χ0) is 18.2. The number of fused-ring (bicyclic) bond motifs is 1. The van der Waals surface area contributed by atoms with Crippen LogP contribution in [0.3, 0.4) is 0 Å². The number of nitro groups is 1. The van der Waals surface area contributed by atoms with Gasteiger partial charge in [0.25, 0.3) is 5.69 Å². The normalized spacial score (nSPS) is 17.9. The van der Waals surface area contributed by atoms with Crippen molar-refractivity contribution in [2.45, 2.75) is 30.7 Å².